The SMILES string of the molecule is Nc1cccc2c1NC(=O)C(c1ccccc1Br)S2. The van der Waals surface area contributed by atoms with Crippen LogP contribution >= 0.6 is 27.7 Å². The molecular formula is C14H11BrN2OS. The third kappa shape index (κ3) is 2.24. The highest BCUT2D eigenvalue weighted by atomic mass is 79.9. The predicted octanol–water partition coefficient (Wildman–Crippen LogP) is 3.82. The van der Waals surface area contributed by atoms with Gasteiger partial charge in [-0.3, -0.25) is 4.79 Å². The average Bonchev–Trinajstić information content (AvgIpc) is 2.40. The van der Waals surface area contributed by atoms with Crippen molar-refractivity contribution in [3.05, 3.63) is 52.5 Å². The van der Waals surface area contributed by atoms with E-state index in [1.165, 1.54) is 11.8 Å². The summed E-state index contributed by atoms with van der Waals surface area (Å²) in [6.07, 6.45) is 0. The maximum atomic E-state index is 12.3. The van der Waals surface area contributed by atoms with Crippen molar-refractivity contribution in [2.45, 2.75) is 10.1 Å². The van der Waals surface area contributed by atoms with Crippen LogP contribution in [0.3, 0.4) is 0 Å². The number of benzene rings is 2. The lowest BCUT2D eigenvalue weighted by molar-refractivity contribution is -0.115. The molecule has 0 aromatic heterocycles. The lowest BCUT2D eigenvalue weighted by Crippen LogP contribution is -2.24. The Kier molecular flexibility index (Phi) is 3.24. The molecule has 3 rings (SSSR count). The van der Waals surface area contributed by atoms with Crippen molar-refractivity contribution in [1.29, 1.82) is 0 Å². The summed E-state index contributed by atoms with van der Waals surface area (Å²) >= 11 is 5.02. The van der Waals surface area contributed by atoms with Gasteiger partial charge in [0.05, 0.1) is 11.4 Å². The minimum Gasteiger partial charge on any atom is -0.397 e. The van der Waals surface area contributed by atoms with Gasteiger partial charge in [0.15, 0.2) is 0 Å². The van der Waals surface area contributed by atoms with Gasteiger partial charge in [0, 0.05) is 9.37 Å². The first-order valence-electron chi connectivity index (χ1n) is 5.77. The fourth-order valence-electron chi connectivity index (χ4n) is 2.04. The number of rotatable bonds is 1. The van der Waals surface area contributed by atoms with E-state index in [0.29, 0.717) is 5.69 Å². The summed E-state index contributed by atoms with van der Waals surface area (Å²) in [7, 11) is 0. The maximum Gasteiger partial charge on any atom is 0.242 e. The minimum absolute atomic E-state index is 0.0395. The number of halogens is 1. The van der Waals surface area contributed by atoms with Crippen molar-refractivity contribution < 1.29 is 4.79 Å². The summed E-state index contributed by atoms with van der Waals surface area (Å²) < 4.78 is 0.940. The molecule has 1 aliphatic rings. The number of amides is 1. The second kappa shape index (κ2) is 4.90. The van der Waals surface area contributed by atoms with Gasteiger partial charge in [-0.1, -0.05) is 40.2 Å². The molecule has 1 heterocycles. The zero-order chi connectivity index (χ0) is 13.4. The molecule has 0 spiro atoms. The molecule has 0 saturated carbocycles. The third-order valence-electron chi connectivity index (χ3n) is 2.98. The van der Waals surface area contributed by atoms with Crippen LogP contribution in [0, 0.1) is 0 Å². The number of hydrogen-bond acceptors (Lipinski definition) is 3. The fourth-order valence-corrected chi connectivity index (χ4v) is 3.90. The molecule has 1 unspecified atom stereocenters. The minimum atomic E-state index is -0.259. The van der Waals surface area contributed by atoms with Crippen LogP contribution in [-0.2, 0) is 4.79 Å². The molecule has 2 aromatic carbocycles. The molecule has 1 amide bonds. The van der Waals surface area contributed by atoms with Crippen molar-refractivity contribution in [2.24, 2.45) is 0 Å². The summed E-state index contributed by atoms with van der Waals surface area (Å²) in [6, 6.07) is 13.4. The topological polar surface area (TPSA) is 55.1 Å². The highest BCUT2D eigenvalue weighted by molar-refractivity contribution is 9.10. The molecule has 3 nitrogen and oxygen atoms in total. The number of nitrogens with two attached hydrogens (primary N) is 1. The van der Waals surface area contributed by atoms with Crippen molar-refractivity contribution in [1.82, 2.24) is 0 Å². The van der Waals surface area contributed by atoms with Gasteiger partial charge in [0.25, 0.3) is 0 Å². The number of carbonyl (C=O) groups excluding carboxylic acids is 1. The Labute approximate surface area is 123 Å². The maximum absolute atomic E-state index is 12.3. The molecular weight excluding hydrogens is 324 g/mol. The van der Waals surface area contributed by atoms with Gasteiger partial charge in [-0.05, 0) is 23.8 Å². The number of nitrogen functional groups attached to an aromatic ring is 1. The van der Waals surface area contributed by atoms with Gasteiger partial charge in [0.2, 0.25) is 5.91 Å². The Morgan fingerprint density at radius 3 is 2.74 bits per heavy atom. The van der Waals surface area contributed by atoms with Gasteiger partial charge >= 0.3 is 0 Å². The third-order valence-corrected chi connectivity index (χ3v) is 5.00. The van der Waals surface area contributed by atoms with Gasteiger partial charge in [-0.25, -0.2) is 0 Å². The highest BCUT2D eigenvalue weighted by Gasteiger charge is 2.30. The molecule has 1 aliphatic heterocycles. The van der Waals surface area contributed by atoms with E-state index in [4.69, 9.17) is 5.73 Å². The number of fused-ring (bicyclic) bond motifs is 1. The predicted molar refractivity (Wildman–Crippen MR) is 82.2 cm³/mol. The second-order valence-electron chi connectivity index (χ2n) is 4.23. The van der Waals surface area contributed by atoms with E-state index < -0.39 is 0 Å². The molecule has 3 N–H and O–H groups in total. The smallest absolute Gasteiger partial charge is 0.242 e. The number of carbonyl (C=O) groups is 1. The van der Waals surface area contributed by atoms with E-state index in [9.17, 15) is 4.79 Å². The molecule has 96 valence electrons. The summed E-state index contributed by atoms with van der Waals surface area (Å²) in [5, 5.41) is 2.64. The molecule has 0 aliphatic carbocycles. The molecule has 2 aromatic rings. The zero-order valence-electron chi connectivity index (χ0n) is 9.89. The number of thioether (sulfide) groups is 1. The largest absolute Gasteiger partial charge is 0.397 e. The summed E-state index contributed by atoms with van der Waals surface area (Å²) in [5.74, 6) is -0.0395. The highest BCUT2D eigenvalue weighted by Crippen LogP contribution is 2.47. The van der Waals surface area contributed by atoms with Gasteiger partial charge < -0.3 is 11.1 Å². The number of para-hydroxylation sites is 1. The van der Waals surface area contributed by atoms with Gasteiger partial charge in [-0.2, -0.15) is 0 Å². The molecule has 5 heteroatoms. The van der Waals surface area contributed by atoms with E-state index in [-0.39, 0.29) is 11.2 Å². The second-order valence-corrected chi connectivity index (χ2v) is 6.23. The Morgan fingerprint density at radius 2 is 1.95 bits per heavy atom. The van der Waals surface area contributed by atoms with Crippen LogP contribution in [0.15, 0.2) is 51.8 Å². The first-order valence-corrected chi connectivity index (χ1v) is 7.44. The summed E-state index contributed by atoms with van der Waals surface area (Å²) in [5.41, 5.74) is 8.17. The molecule has 19 heavy (non-hydrogen) atoms. The Balaban J connectivity index is 2.03. The van der Waals surface area contributed by atoms with Crippen LogP contribution in [0.5, 0.6) is 0 Å². The van der Waals surface area contributed by atoms with Gasteiger partial charge in [0.1, 0.15) is 5.25 Å². The Bertz CT molecular complexity index is 660. The van der Waals surface area contributed by atoms with Crippen LogP contribution in [0.2, 0.25) is 0 Å². The van der Waals surface area contributed by atoms with Crippen LogP contribution in [0.4, 0.5) is 11.4 Å². The van der Waals surface area contributed by atoms with E-state index in [1.807, 2.05) is 36.4 Å². The summed E-state index contributed by atoms with van der Waals surface area (Å²) in [4.78, 5) is 13.3. The molecule has 1 atom stereocenters. The Hall–Kier alpha value is -1.46. The van der Waals surface area contributed by atoms with E-state index >= 15 is 0 Å². The van der Waals surface area contributed by atoms with E-state index in [0.717, 1.165) is 20.6 Å². The molecule has 0 fully saturated rings. The number of anilines is 2. The first kappa shape index (κ1) is 12.6. The van der Waals surface area contributed by atoms with Crippen molar-refractivity contribution in [3.63, 3.8) is 0 Å². The van der Waals surface area contributed by atoms with Crippen molar-refractivity contribution in [2.75, 3.05) is 11.1 Å². The quantitative estimate of drug-likeness (QED) is 0.779. The monoisotopic (exact) mass is 334 g/mol. The average molecular weight is 335 g/mol. The van der Waals surface area contributed by atoms with Crippen molar-refractivity contribution in [3.8, 4) is 0 Å². The van der Waals surface area contributed by atoms with Crippen LogP contribution in [0.25, 0.3) is 0 Å². The molecule has 0 bridgehead atoms. The lowest BCUT2D eigenvalue weighted by Gasteiger charge is -2.25. The van der Waals surface area contributed by atoms with E-state index in [2.05, 4.69) is 21.2 Å². The fraction of sp³-hybridized carbons (Fsp3) is 0.0714. The standard InChI is InChI=1S/C14H11BrN2OS/c15-9-5-2-1-4-8(9)13-14(18)17-12-10(16)6-3-7-11(12)19-13/h1-7,13H,16H2,(H,17,18). The van der Waals surface area contributed by atoms with E-state index in [1.54, 1.807) is 6.07 Å². The normalized spacial score (nSPS) is 17.7. The zero-order valence-corrected chi connectivity index (χ0v) is 12.3. The lowest BCUT2D eigenvalue weighted by atomic mass is 10.1. The van der Waals surface area contributed by atoms with Crippen LogP contribution in [-0.4, -0.2) is 5.91 Å². The Morgan fingerprint density at radius 1 is 1.16 bits per heavy atom. The molecule has 0 saturated heterocycles. The molecule has 0 radical (unpaired) electrons. The number of nitrogens with one attached hydrogen (secondary N) is 1. The number of hydrogen-bond donors (Lipinski definition) is 2. The van der Waals surface area contributed by atoms with Gasteiger partial charge in [-0.15, -0.1) is 11.8 Å². The van der Waals surface area contributed by atoms with Crippen LogP contribution in [0.1, 0.15) is 10.8 Å². The summed E-state index contributed by atoms with van der Waals surface area (Å²) in [6.45, 7) is 0. The van der Waals surface area contributed by atoms with Crippen LogP contribution < -0.4 is 11.1 Å². The van der Waals surface area contributed by atoms with Crippen molar-refractivity contribution >= 4 is 45.0 Å². The first-order chi connectivity index (χ1) is 9.16.